The van der Waals surface area contributed by atoms with E-state index in [0.29, 0.717) is 19.6 Å². The summed E-state index contributed by atoms with van der Waals surface area (Å²) in [6.45, 7) is 1.33. The van der Waals surface area contributed by atoms with Crippen LogP contribution in [0.5, 0.6) is 0 Å². The summed E-state index contributed by atoms with van der Waals surface area (Å²) in [5, 5.41) is 0. The largest absolute Gasteiger partial charge is 0.416 e. The highest BCUT2D eigenvalue weighted by Crippen LogP contribution is 2.34. The van der Waals surface area contributed by atoms with Gasteiger partial charge in [0.2, 0.25) is 0 Å². The molecule has 26 heavy (non-hydrogen) atoms. The number of amides is 1. The number of likely N-dealkylation sites (tertiary alicyclic amines) is 1. The summed E-state index contributed by atoms with van der Waals surface area (Å²) < 4.78 is 38.6. The van der Waals surface area contributed by atoms with Gasteiger partial charge in [0, 0.05) is 24.6 Å². The number of nitrogens with zero attached hydrogens (tertiary/aromatic N) is 1. The summed E-state index contributed by atoms with van der Waals surface area (Å²) in [5.74, 6) is -0.193. The quantitative estimate of drug-likeness (QED) is 0.871. The molecule has 1 fully saturated rings. The monoisotopic (exact) mass is 384 g/mol. The van der Waals surface area contributed by atoms with E-state index in [2.05, 4.69) is 0 Å². The van der Waals surface area contributed by atoms with Crippen molar-refractivity contribution in [3.63, 3.8) is 0 Å². The van der Waals surface area contributed by atoms with Crippen molar-refractivity contribution in [3.05, 3.63) is 71.3 Å². The molecule has 1 saturated heterocycles. The van der Waals surface area contributed by atoms with Crippen LogP contribution in [0.25, 0.3) is 0 Å². The number of alkyl halides is 3. The molecule has 1 amide bonds. The molecule has 0 saturated carbocycles. The Labute approximate surface area is 156 Å². The van der Waals surface area contributed by atoms with Gasteiger partial charge in [0.05, 0.1) is 5.56 Å². The minimum atomic E-state index is -4.46. The maximum absolute atomic E-state index is 12.9. The topological polar surface area (TPSA) is 46.3 Å². The van der Waals surface area contributed by atoms with E-state index in [-0.39, 0.29) is 35.7 Å². The predicted octanol–water partition coefficient (Wildman–Crippen LogP) is 3.94. The first-order valence-corrected chi connectivity index (χ1v) is 8.11. The Balaban J connectivity index is 0.00000243. The van der Waals surface area contributed by atoms with Gasteiger partial charge in [-0.15, -0.1) is 12.4 Å². The third-order valence-corrected chi connectivity index (χ3v) is 4.70. The Morgan fingerprint density at radius 3 is 2.38 bits per heavy atom. The average molecular weight is 385 g/mol. The van der Waals surface area contributed by atoms with Crippen LogP contribution in [0, 0.1) is 5.92 Å². The fraction of sp³-hybridized carbons (Fsp3) is 0.316. The minimum Gasteiger partial charge on any atom is -0.338 e. The molecule has 2 aromatic rings. The summed E-state index contributed by atoms with van der Waals surface area (Å²) >= 11 is 0. The number of nitrogens with two attached hydrogens (primary N) is 1. The van der Waals surface area contributed by atoms with Gasteiger partial charge in [-0.1, -0.05) is 36.4 Å². The van der Waals surface area contributed by atoms with E-state index in [1.807, 2.05) is 30.3 Å². The van der Waals surface area contributed by atoms with Crippen LogP contribution in [0.4, 0.5) is 13.2 Å². The molecule has 2 N–H and O–H groups in total. The Kier molecular flexibility index (Phi) is 6.31. The van der Waals surface area contributed by atoms with Gasteiger partial charge >= 0.3 is 6.18 Å². The lowest BCUT2D eigenvalue weighted by Gasteiger charge is -2.17. The second-order valence-electron chi connectivity index (χ2n) is 6.30. The number of carbonyl (C=O) groups excluding carboxylic acids is 1. The maximum atomic E-state index is 12.9. The average Bonchev–Trinajstić information content (AvgIpc) is 3.05. The molecule has 3 rings (SSSR count). The fourth-order valence-electron chi connectivity index (χ4n) is 3.36. The first kappa shape index (κ1) is 20.3. The third kappa shape index (κ3) is 4.19. The molecule has 0 unspecified atom stereocenters. The summed E-state index contributed by atoms with van der Waals surface area (Å²) in [6, 6.07) is 14.3. The maximum Gasteiger partial charge on any atom is 0.416 e. The molecular formula is C19H20ClF3N2O. The summed E-state index contributed by atoms with van der Waals surface area (Å²) in [7, 11) is 0. The van der Waals surface area contributed by atoms with Crippen molar-refractivity contribution in [2.45, 2.75) is 12.1 Å². The van der Waals surface area contributed by atoms with Crippen molar-refractivity contribution in [1.29, 1.82) is 0 Å². The molecule has 2 aromatic carbocycles. The van der Waals surface area contributed by atoms with Crippen molar-refractivity contribution < 1.29 is 18.0 Å². The van der Waals surface area contributed by atoms with Gasteiger partial charge in [-0.25, -0.2) is 0 Å². The smallest absolute Gasteiger partial charge is 0.338 e. The highest BCUT2D eigenvalue weighted by atomic mass is 35.5. The molecule has 0 aromatic heterocycles. The van der Waals surface area contributed by atoms with E-state index in [9.17, 15) is 18.0 Å². The number of hydrogen-bond donors (Lipinski definition) is 1. The van der Waals surface area contributed by atoms with Crippen molar-refractivity contribution >= 4 is 18.3 Å². The molecule has 3 nitrogen and oxygen atoms in total. The number of carbonyl (C=O) groups is 1. The molecule has 2 atom stereocenters. The normalized spacial score (nSPS) is 19.9. The van der Waals surface area contributed by atoms with Crippen molar-refractivity contribution in [2.75, 3.05) is 19.6 Å². The molecule has 1 aliphatic rings. The Morgan fingerprint density at radius 2 is 1.77 bits per heavy atom. The van der Waals surface area contributed by atoms with Crippen LogP contribution in [0.15, 0.2) is 54.6 Å². The van der Waals surface area contributed by atoms with Crippen LogP contribution in [-0.4, -0.2) is 30.4 Å². The second kappa shape index (κ2) is 8.10. The highest BCUT2D eigenvalue weighted by Gasteiger charge is 2.36. The number of hydrogen-bond acceptors (Lipinski definition) is 2. The van der Waals surface area contributed by atoms with Gasteiger partial charge < -0.3 is 10.6 Å². The molecule has 0 spiro atoms. The van der Waals surface area contributed by atoms with E-state index >= 15 is 0 Å². The summed E-state index contributed by atoms with van der Waals surface area (Å²) in [6.07, 6.45) is -4.46. The van der Waals surface area contributed by atoms with Gasteiger partial charge in [0.15, 0.2) is 0 Å². The Morgan fingerprint density at radius 1 is 1.08 bits per heavy atom. The number of rotatable bonds is 3. The Hall–Kier alpha value is -2.05. The molecule has 140 valence electrons. The third-order valence-electron chi connectivity index (χ3n) is 4.70. The molecule has 0 aliphatic carbocycles. The van der Waals surface area contributed by atoms with Crippen molar-refractivity contribution in [1.82, 2.24) is 4.90 Å². The van der Waals surface area contributed by atoms with E-state index < -0.39 is 11.7 Å². The zero-order chi connectivity index (χ0) is 18.0. The van der Waals surface area contributed by atoms with Crippen LogP contribution in [0.1, 0.15) is 27.4 Å². The molecule has 0 radical (unpaired) electrons. The van der Waals surface area contributed by atoms with Crippen LogP contribution < -0.4 is 5.73 Å². The van der Waals surface area contributed by atoms with Gasteiger partial charge in [-0.3, -0.25) is 4.79 Å². The van der Waals surface area contributed by atoms with Gasteiger partial charge in [-0.2, -0.15) is 13.2 Å². The lowest BCUT2D eigenvalue weighted by atomic mass is 9.89. The van der Waals surface area contributed by atoms with E-state index in [1.54, 1.807) is 4.90 Å². The first-order valence-electron chi connectivity index (χ1n) is 8.11. The van der Waals surface area contributed by atoms with Crippen LogP contribution in [0.3, 0.4) is 0 Å². The van der Waals surface area contributed by atoms with Crippen molar-refractivity contribution in [2.24, 2.45) is 11.7 Å². The molecule has 1 heterocycles. The molecule has 7 heteroatoms. The zero-order valence-electron chi connectivity index (χ0n) is 13.9. The van der Waals surface area contributed by atoms with E-state index in [0.717, 1.165) is 17.7 Å². The predicted molar refractivity (Wildman–Crippen MR) is 96.3 cm³/mol. The number of halogens is 4. The van der Waals surface area contributed by atoms with Gasteiger partial charge in [0.25, 0.3) is 5.91 Å². The lowest BCUT2D eigenvalue weighted by Crippen LogP contribution is -2.30. The first-order chi connectivity index (χ1) is 11.9. The summed E-state index contributed by atoms with van der Waals surface area (Å²) in [4.78, 5) is 14.3. The van der Waals surface area contributed by atoms with Crippen molar-refractivity contribution in [3.8, 4) is 0 Å². The second-order valence-corrected chi connectivity index (χ2v) is 6.30. The van der Waals surface area contributed by atoms with Crippen LogP contribution in [0.2, 0.25) is 0 Å². The minimum absolute atomic E-state index is 0. The SMILES string of the molecule is Cl.NC[C@@H]1CN(C(=O)c2cccc(C(F)(F)F)c2)C[C@H]1c1ccccc1. The fourth-order valence-corrected chi connectivity index (χ4v) is 3.36. The van der Waals surface area contributed by atoms with Crippen LogP contribution >= 0.6 is 12.4 Å². The highest BCUT2D eigenvalue weighted by molar-refractivity contribution is 5.94. The molecular weight excluding hydrogens is 365 g/mol. The van der Waals surface area contributed by atoms with Gasteiger partial charge in [0.1, 0.15) is 0 Å². The molecule has 1 aliphatic heterocycles. The van der Waals surface area contributed by atoms with E-state index in [4.69, 9.17) is 5.73 Å². The Bertz CT molecular complexity index is 752. The van der Waals surface area contributed by atoms with Gasteiger partial charge in [-0.05, 0) is 36.2 Å². The molecule has 0 bridgehead atoms. The standard InChI is InChI=1S/C19H19F3N2O.ClH/c20-19(21,22)16-8-4-7-14(9-16)18(25)24-11-15(10-23)17(12-24)13-5-2-1-3-6-13;/h1-9,15,17H,10-12,23H2;1H/t15-,17+;/m1./s1. The van der Waals surface area contributed by atoms with E-state index in [1.165, 1.54) is 12.1 Å². The van der Waals surface area contributed by atoms with Crippen LogP contribution in [-0.2, 0) is 6.18 Å². The zero-order valence-corrected chi connectivity index (χ0v) is 14.8. The lowest BCUT2D eigenvalue weighted by molar-refractivity contribution is -0.137. The number of benzene rings is 2. The summed E-state index contributed by atoms with van der Waals surface area (Å²) in [5.41, 5.74) is 6.19.